The molecule has 0 fully saturated rings. The van der Waals surface area contributed by atoms with E-state index in [2.05, 4.69) is 27.3 Å². The van der Waals surface area contributed by atoms with Crippen LogP contribution in [0.2, 0.25) is 0 Å². The van der Waals surface area contributed by atoms with Crippen LogP contribution >= 0.6 is 15.9 Å². The van der Waals surface area contributed by atoms with E-state index in [0.717, 1.165) is 15.7 Å². The lowest BCUT2D eigenvalue weighted by molar-refractivity contribution is 0.1000. The molecule has 2 rings (SSSR count). The zero-order chi connectivity index (χ0) is 13.8. The van der Waals surface area contributed by atoms with Gasteiger partial charge in [0.15, 0.2) is 0 Å². The molecule has 1 amide bonds. The number of carbonyl (C=O) groups is 1. The van der Waals surface area contributed by atoms with E-state index in [-0.39, 0.29) is 0 Å². The minimum absolute atomic E-state index is 0.399. The second-order valence-corrected chi connectivity index (χ2v) is 5.24. The van der Waals surface area contributed by atoms with Crippen LogP contribution in [0.4, 0.5) is 5.69 Å². The molecule has 19 heavy (non-hydrogen) atoms. The maximum atomic E-state index is 11.3. The van der Waals surface area contributed by atoms with Crippen LogP contribution in [0.15, 0.2) is 46.9 Å². The van der Waals surface area contributed by atoms with Crippen molar-refractivity contribution in [2.24, 2.45) is 5.73 Å². The SMILES string of the molecule is Cc1c(NCc2cccc(Br)c2)cccc1C(N)=O. The Morgan fingerprint density at radius 1 is 1.26 bits per heavy atom. The fourth-order valence-electron chi connectivity index (χ4n) is 1.94. The van der Waals surface area contributed by atoms with Crippen LogP contribution in [0.25, 0.3) is 0 Å². The summed E-state index contributed by atoms with van der Waals surface area (Å²) in [4.78, 5) is 11.3. The Hall–Kier alpha value is -1.81. The van der Waals surface area contributed by atoms with Crippen LogP contribution < -0.4 is 11.1 Å². The highest BCUT2D eigenvalue weighted by atomic mass is 79.9. The van der Waals surface area contributed by atoms with Gasteiger partial charge in [0.25, 0.3) is 0 Å². The van der Waals surface area contributed by atoms with Crippen molar-refractivity contribution in [3.8, 4) is 0 Å². The van der Waals surface area contributed by atoms with Crippen molar-refractivity contribution >= 4 is 27.5 Å². The third-order valence-electron chi connectivity index (χ3n) is 2.97. The normalized spacial score (nSPS) is 10.2. The summed E-state index contributed by atoms with van der Waals surface area (Å²) in [7, 11) is 0. The summed E-state index contributed by atoms with van der Waals surface area (Å²) in [6, 6.07) is 13.6. The zero-order valence-corrected chi connectivity index (χ0v) is 12.2. The van der Waals surface area contributed by atoms with Crippen LogP contribution in [-0.4, -0.2) is 5.91 Å². The number of halogens is 1. The largest absolute Gasteiger partial charge is 0.381 e. The van der Waals surface area contributed by atoms with Crippen LogP contribution in [0.1, 0.15) is 21.5 Å². The lowest BCUT2D eigenvalue weighted by Gasteiger charge is -2.12. The van der Waals surface area contributed by atoms with E-state index in [4.69, 9.17) is 5.73 Å². The number of benzene rings is 2. The summed E-state index contributed by atoms with van der Waals surface area (Å²) in [5.41, 5.74) is 8.86. The molecule has 2 aromatic rings. The third-order valence-corrected chi connectivity index (χ3v) is 3.46. The van der Waals surface area contributed by atoms with Gasteiger partial charge < -0.3 is 11.1 Å². The third kappa shape index (κ3) is 3.35. The van der Waals surface area contributed by atoms with E-state index in [1.54, 1.807) is 6.07 Å². The number of nitrogens with two attached hydrogens (primary N) is 1. The molecule has 0 saturated heterocycles. The van der Waals surface area contributed by atoms with Crippen molar-refractivity contribution < 1.29 is 4.79 Å². The lowest BCUT2D eigenvalue weighted by atomic mass is 10.1. The molecule has 98 valence electrons. The van der Waals surface area contributed by atoms with Gasteiger partial charge in [-0.2, -0.15) is 0 Å². The fourth-order valence-corrected chi connectivity index (χ4v) is 2.38. The first-order valence-corrected chi connectivity index (χ1v) is 6.75. The smallest absolute Gasteiger partial charge is 0.249 e. The van der Waals surface area contributed by atoms with Crippen LogP contribution in [-0.2, 0) is 6.54 Å². The number of amides is 1. The van der Waals surface area contributed by atoms with E-state index < -0.39 is 5.91 Å². The Labute approximate surface area is 121 Å². The van der Waals surface area contributed by atoms with E-state index in [0.29, 0.717) is 12.1 Å². The predicted octanol–water partition coefficient (Wildman–Crippen LogP) is 3.47. The second kappa shape index (κ2) is 5.89. The highest BCUT2D eigenvalue weighted by molar-refractivity contribution is 9.10. The maximum Gasteiger partial charge on any atom is 0.249 e. The molecule has 0 aliphatic heterocycles. The first-order chi connectivity index (χ1) is 9.08. The fraction of sp³-hybridized carbons (Fsp3) is 0.133. The molecule has 0 bridgehead atoms. The number of carbonyl (C=O) groups excluding carboxylic acids is 1. The topological polar surface area (TPSA) is 55.1 Å². The average Bonchev–Trinajstić information content (AvgIpc) is 2.37. The minimum atomic E-state index is -0.399. The van der Waals surface area contributed by atoms with Crippen molar-refractivity contribution in [2.75, 3.05) is 5.32 Å². The summed E-state index contributed by atoms with van der Waals surface area (Å²) in [6.45, 7) is 2.59. The number of primary amides is 1. The van der Waals surface area contributed by atoms with Gasteiger partial charge in [-0.15, -0.1) is 0 Å². The second-order valence-electron chi connectivity index (χ2n) is 4.33. The van der Waals surface area contributed by atoms with Crippen molar-refractivity contribution in [1.82, 2.24) is 0 Å². The molecule has 0 atom stereocenters. The molecule has 0 aromatic heterocycles. The molecule has 0 spiro atoms. The van der Waals surface area contributed by atoms with Crippen molar-refractivity contribution in [3.05, 3.63) is 63.6 Å². The van der Waals surface area contributed by atoms with E-state index in [1.165, 1.54) is 5.56 Å². The molecule has 0 radical (unpaired) electrons. The molecular formula is C15H15BrN2O. The standard InChI is InChI=1S/C15H15BrN2O/c1-10-13(15(17)19)6-3-7-14(10)18-9-11-4-2-5-12(16)8-11/h2-8,18H,9H2,1H3,(H2,17,19). The van der Waals surface area contributed by atoms with Crippen LogP contribution in [0, 0.1) is 6.92 Å². The number of hydrogen-bond donors (Lipinski definition) is 2. The van der Waals surface area contributed by atoms with Gasteiger partial charge >= 0.3 is 0 Å². The Balaban J connectivity index is 2.16. The number of nitrogens with one attached hydrogen (secondary N) is 1. The van der Waals surface area contributed by atoms with Gasteiger partial charge in [0.2, 0.25) is 5.91 Å². The summed E-state index contributed by atoms with van der Waals surface area (Å²) >= 11 is 3.44. The molecular weight excluding hydrogens is 304 g/mol. The molecule has 3 nitrogen and oxygen atoms in total. The molecule has 0 aliphatic carbocycles. The van der Waals surface area contributed by atoms with Gasteiger partial charge in [-0.3, -0.25) is 4.79 Å². The molecule has 0 heterocycles. The van der Waals surface area contributed by atoms with Gasteiger partial charge in [-0.25, -0.2) is 0 Å². The summed E-state index contributed by atoms with van der Waals surface area (Å²) < 4.78 is 1.05. The van der Waals surface area contributed by atoms with Gasteiger partial charge in [-0.1, -0.05) is 34.1 Å². The van der Waals surface area contributed by atoms with Gasteiger partial charge in [0, 0.05) is 22.3 Å². The van der Waals surface area contributed by atoms with Gasteiger partial charge in [0.1, 0.15) is 0 Å². The van der Waals surface area contributed by atoms with E-state index in [9.17, 15) is 4.79 Å². The summed E-state index contributed by atoms with van der Waals surface area (Å²) in [6.07, 6.45) is 0. The first kappa shape index (κ1) is 13.6. The molecule has 2 aromatic carbocycles. The van der Waals surface area contributed by atoms with E-state index in [1.807, 2.05) is 37.3 Å². The lowest BCUT2D eigenvalue weighted by Crippen LogP contribution is -2.13. The number of hydrogen-bond acceptors (Lipinski definition) is 2. The average molecular weight is 319 g/mol. The van der Waals surface area contributed by atoms with Gasteiger partial charge in [-0.05, 0) is 42.3 Å². The molecule has 4 heteroatoms. The van der Waals surface area contributed by atoms with E-state index >= 15 is 0 Å². The van der Waals surface area contributed by atoms with Crippen LogP contribution in [0.5, 0.6) is 0 Å². The molecule has 0 unspecified atom stereocenters. The van der Waals surface area contributed by atoms with Crippen LogP contribution in [0.3, 0.4) is 0 Å². The summed E-state index contributed by atoms with van der Waals surface area (Å²) in [5.74, 6) is -0.399. The number of rotatable bonds is 4. The Morgan fingerprint density at radius 2 is 2.00 bits per heavy atom. The minimum Gasteiger partial charge on any atom is -0.381 e. The van der Waals surface area contributed by atoms with Crippen molar-refractivity contribution in [3.63, 3.8) is 0 Å². The Bertz CT molecular complexity index is 611. The number of anilines is 1. The predicted molar refractivity (Wildman–Crippen MR) is 81.2 cm³/mol. The Morgan fingerprint density at radius 3 is 2.68 bits per heavy atom. The monoisotopic (exact) mass is 318 g/mol. The van der Waals surface area contributed by atoms with Crippen molar-refractivity contribution in [2.45, 2.75) is 13.5 Å². The Kier molecular flexibility index (Phi) is 4.22. The zero-order valence-electron chi connectivity index (χ0n) is 10.6. The quantitative estimate of drug-likeness (QED) is 0.906. The first-order valence-electron chi connectivity index (χ1n) is 5.95. The van der Waals surface area contributed by atoms with Crippen molar-refractivity contribution in [1.29, 1.82) is 0 Å². The highest BCUT2D eigenvalue weighted by Crippen LogP contribution is 2.20. The molecule has 3 N–H and O–H groups in total. The molecule has 0 aliphatic rings. The maximum absolute atomic E-state index is 11.3. The molecule has 0 saturated carbocycles. The summed E-state index contributed by atoms with van der Waals surface area (Å²) in [5, 5.41) is 3.32. The highest BCUT2D eigenvalue weighted by Gasteiger charge is 2.07. The van der Waals surface area contributed by atoms with Gasteiger partial charge in [0.05, 0.1) is 0 Å².